The molecule has 0 fully saturated rings. The van der Waals surface area contributed by atoms with Crippen LogP contribution in [0, 0.1) is 13.8 Å². The quantitative estimate of drug-likeness (QED) is 0.207. The summed E-state index contributed by atoms with van der Waals surface area (Å²) in [6.45, 7) is 4.34. The minimum atomic E-state index is 1.23. The van der Waals surface area contributed by atoms with E-state index in [-0.39, 0.29) is 0 Å². The van der Waals surface area contributed by atoms with Gasteiger partial charge in [-0.25, -0.2) is 0 Å². The number of benzene rings is 7. The van der Waals surface area contributed by atoms with Gasteiger partial charge in [-0.05, 0) is 86.0 Å². The number of hydrogen-bond donors (Lipinski definition) is 0. The van der Waals surface area contributed by atoms with E-state index in [0.717, 1.165) is 0 Å². The summed E-state index contributed by atoms with van der Waals surface area (Å²) in [5.74, 6) is 0. The topological polar surface area (TPSA) is 0 Å². The van der Waals surface area contributed by atoms with E-state index in [4.69, 9.17) is 0 Å². The largest absolute Gasteiger partial charge is 0.0622 e. The maximum Gasteiger partial charge on any atom is -0.00203 e. The van der Waals surface area contributed by atoms with Crippen LogP contribution < -0.4 is 0 Å². The summed E-state index contributed by atoms with van der Waals surface area (Å²) in [6, 6.07) is 53.3. The Bertz CT molecular complexity index is 1960. The van der Waals surface area contributed by atoms with Crippen LogP contribution in [0.5, 0.6) is 0 Å². The molecule has 0 nitrogen and oxygen atoms in total. The van der Waals surface area contributed by atoms with Crippen molar-refractivity contribution >= 4 is 21.5 Å². The van der Waals surface area contributed by atoms with Crippen LogP contribution in [-0.4, -0.2) is 0 Å². The molecule has 0 heterocycles. The second-order valence-electron chi connectivity index (χ2n) is 10.7. The lowest BCUT2D eigenvalue weighted by Gasteiger charge is -2.20. The molecule has 0 heteroatoms. The van der Waals surface area contributed by atoms with E-state index in [2.05, 4.69) is 159 Å². The van der Waals surface area contributed by atoms with Crippen molar-refractivity contribution in [2.75, 3.05) is 0 Å². The number of rotatable bonds is 4. The SMILES string of the molecule is Cc1ccc(-c2c(-c3ccc(-c4ccccc4)cc3)c3ccc(C)cc3c3cc(-c4ccccc4)ccc23)cc1. The van der Waals surface area contributed by atoms with Crippen molar-refractivity contribution in [1.29, 1.82) is 0 Å². The second-order valence-corrected chi connectivity index (χ2v) is 10.7. The highest BCUT2D eigenvalue weighted by Crippen LogP contribution is 2.46. The number of fused-ring (bicyclic) bond motifs is 3. The molecule has 0 spiro atoms. The Labute approximate surface area is 236 Å². The van der Waals surface area contributed by atoms with E-state index in [1.807, 2.05) is 0 Å². The predicted octanol–water partition coefficient (Wildman–Crippen LogP) is 11.3. The third kappa shape index (κ3) is 4.28. The van der Waals surface area contributed by atoms with Gasteiger partial charge in [0.25, 0.3) is 0 Å². The zero-order chi connectivity index (χ0) is 27.1. The molecule has 0 unspecified atom stereocenters. The molecule has 7 rings (SSSR count). The highest BCUT2D eigenvalue weighted by atomic mass is 14.2. The molecule has 0 amide bonds. The van der Waals surface area contributed by atoms with Gasteiger partial charge in [0.05, 0.1) is 0 Å². The third-order valence-corrected chi connectivity index (χ3v) is 8.00. The van der Waals surface area contributed by atoms with Gasteiger partial charge in [-0.3, -0.25) is 0 Å². The van der Waals surface area contributed by atoms with Gasteiger partial charge in [-0.15, -0.1) is 0 Å². The van der Waals surface area contributed by atoms with Crippen LogP contribution >= 0.6 is 0 Å². The molecule has 0 aliphatic heterocycles. The molecule has 0 saturated heterocycles. The van der Waals surface area contributed by atoms with Crippen molar-refractivity contribution in [3.63, 3.8) is 0 Å². The van der Waals surface area contributed by atoms with Crippen molar-refractivity contribution in [1.82, 2.24) is 0 Å². The average molecular weight is 511 g/mol. The standard InChI is InChI=1S/C40H30/c1-27-13-16-32(17-14-27)39-36-24-22-34(30-11-7-4-8-12-30)26-38(36)37-25-28(2)15-23-35(37)40(39)33-20-18-31(19-21-33)29-9-5-3-6-10-29/h3-26H,1-2H3. The molecule has 0 saturated carbocycles. The second kappa shape index (κ2) is 9.98. The Morgan fingerprint density at radius 3 is 1.27 bits per heavy atom. The third-order valence-electron chi connectivity index (χ3n) is 8.00. The Morgan fingerprint density at radius 2 is 0.675 bits per heavy atom. The first-order chi connectivity index (χ1) is 19.7. The zero-order valence-electron chi connectivity index (χ0n) is 22.9. The summed E-state index contributed by atoms with van der Waals surface area (Å²) in [5.41, 5.74) is 12.5. The lowest BCUT2D eigenvalue weighted by Crippen LogP contribution is -1.93. The molecule has 0 aliphatic carbocycles. The maximum absolute atomic E-state index is 2.38. The van der Waals surface area contributed by atoms with Gasteiger partial charge in [-0.2, -0.15) is 0 Å². The van der Waals surface area contributed by atoms with E-state index in [1.165, 1.54) is 77.2 Å². The number of aryl methyl sites for hydroxylation is 2. The predicted molar refractivity (Wildman–Crippen MR) is 173 cm³/mol. The van der Waals surface area contributed by atoms with Crippen LogP contribution in [0.3, 0.4) is 0 Å². The molecular weight excluding hydrogens is 480 g/mol. The first kappa shape index (κ1) is 24.1. The van der Waals surface area contributed by atoms with Crippen molar-refractivity contribution in [3.05, 3.63) is 157 Å². The van der Waals surface area contributed by atoms with Crippen molar-refractivity contribution in [2.24, 2.45) is 0 Å². The lowest BCUT2D eigenvalue weighted by atomic mass is 9.83. The first-order valence-corrected chi connectivity index (χ1v) is 13.9. The Balaban J connectivity index is 1.56. The van der Waals surface area contributed by atoms with Crippen LogP contribution in [-0.2, 0) is 0 Å². The normalized spacial score (nSPS) is 11.2. The Kier molecular flexibility index (Phi) is 6.02. The van der Waals surface area contributed by atoms with Crippen molar-refractivity contribution in [2.45, 2.75) is 13.8 Å². The molecule has 0 radical (unpaired) electrons. The minimum Gasteiger partial charge on any atom is -0.0622 e. The summed E-state index contributed by atoms with van der Waals surface area (Å²) < 4.78 is 0. The van der Waals surface area contributed by atoms with E-state index < -0.39 is 0 Å². The minimum absolute atomic E-state index is 1.23. The molecule has 0 aliphatic rings. The molecule has 190 valence electrons. The summed E-state index contributed by atoms with van der Waals surface area (Å²) >= 11 is 0. The van der Waals surface area contributed by atoms with Crippen LogP contribution in [0.4, 0.5) is 0 Å². The molecular formula is C40H30. The van der Waals surface area contributed by atoms with Gasteiger partial charge in [0.15, 0.2) is 0 Å². The van der Waals surface area contributed by atoms with Gasteiger partial charge < -0.3 is 0 Å². The van der Waals surface area contributed by atoms with Crippen LogP contribution in [0.15, 0.2) is 146 Å². The van der Waals surface area contributed by atoms with Crippen molar-refractivity contribution < 1.29 is 0 Å². The average Bonchev–Trinajstić information content (AvgIpc) is 3.02. The van der Waals surface area contributed by atoms with Gasteiger partial charge in [0.2, 0.25) is 0 Å². The fourth-order valence-corrected chi connectivity index (χ4v) is 5.94. The zero-order valence-corrected chi connectivity index (χ0v) is 22.9. The fourth-order valence-electron chi connectivity index (χ4n) is 5.94. The van der Waals surface area contributed by atoms with Gasteiger partial charge >= 0.3 is 0 Å². The smallest absolute Gasteiger partial charge is 0.00203 e. The molecule has 40 heavy (non-hydrogen) atoms. The van der Waals surface area contributed by atoms with E-state index >= 15 is 0 Å². The van der Waals surface area contributed by atoms with Crippen LogP contribution in [0.1, 0.15) is 11.1 Å². The molecule has 7 aromatic rings. The van der Waals surface area contributed by atoms with Gasteiger partial charge in [0, 0.05) is 0 Å². The highest BCUT2D eigenvalue weighted by Gasteiger charge is 2.18. The number of hydrogen-bond acceptors (Lipinski definition) is 0. The molecule has 0 atom stereocenters. The lowest BCUT2D eigenvalue weighted by molar-refractivity contribution is 1.47. The molecule has 0 bridgehead atoms. The highest BCUT2D eigenvalue weighted by molar-refractivity contribution is 6.22. The van der Waals surface area contributed by atoms with Crippen molar-refractivity contribution in [3.8, 4) is 44.5 Å². The fraction of sp³-hybridized carbons (Fsp3) is 0.0500. The van der Waals surface area contributed by atoms with Gasteiger partial charge in [0.1, 0.15) is 0 Å². The molecule has 0 aromatic heterocycles. The van der Waals surface area contributed by atoms with E-state index in [1.54, 1.807) is 0 Å². The first-order valence-electron chi connectivity index (χ1n) is 13.9. The molecule has 0 N–H and O–H groups in total. The van der Waals surface area contributed by atoms with Gasteiger partial charge in [-0.1, -0.05) is 151 Å². The van der Waals surface area contributed by atoms with E-state index in [0.29, 0.717) is 0 Å². The maximum atomic E-state index is 2.38. The Morgan fingerprint density at radius 1 is 0.275 bits per heavy atom. The van der Waals surface area contributed by atoms with E-state index in [9.17, 15) is 0 Å². The summed E-state index contributed by atoms with van der Waals surface area (Å²) in [7, 11) is 0. The summed E-state index contributed by atoms with van der Waals surface area (Å²) in [5, 5.41) is 5.15. The van der Waals surface area contributed by atoms with Crippen LogP contribution in [0.2, 0.25) is 0 Å². The molecule has 7 aromatic carbocycles. The Hall–Kier alpha value is -4.94. The monoisotopic (exact) mass is 510 g/mol. The summed E-state index contributed by atoms with van der Waals surface area (Å²) in [6.07, 6.45) is 0. The summed E-state index contributed by atoms with van der Waals surface area (Å²) in [4.78, 5) is 0. The van der Waals surface area contributed by atoms with Crippen LogP contribution in [0.25, 0.3) is 66.1 Å².